The van der Waals surface area contributed by atoms with Crippen LogP contribution in [0.25, 0.3) is 0 Å². The zero-order chi connectivity index (χ0) is 20.8. The third-order valence-electron chi connectivity index (χ3n) is 5.16. The van der Waals surface area contributed by atoms with Gasteiger partial charge in [-0.2, -0.15) is 0 Å². The molecule has 3 rings (SSSR count). The van der Waals surface area contributed by atoms with Gasteiger partial charge in [-0.3, -0.25) is 4.79 Å². The van der Waals surface area contributed by atoms with E-state index in [0.717, 1.165) is 18.4 Å². The molecule has 6 heteroatoms. The van der Waals surface area contributed by atoms with Gasteiger partial charge >= 0.3 is 6.03 Å². The van der Waals surface area contributed by atoms with E-state index in [0.29, 0.717) is 30.1 Å². The first kappa shape index (κ1) is 20.7. The summed E-state index contributed by atoms with van der Waals surface area (Å²) in [6.45, 7) is 4.81. The summed E-state index contributed by atoms with van der Waals surface area (Å²) in [5.41, 5.74) is 2.37. The summed E-state index contributed by atoms with van der Waals surface area (Å²) in [6.07, 6.45) is 2.41. The lowest BCUT2D eigenvalue weighted by Gasteiger charge is -2.28. The number of methoxy groups -OCH3 is 1. The van der Waals surface area contributed by atoms with E-state index in [2.05, 4.69) is 24.5 Å². The van der Waals surface area contributed by atoms with E-state index in [1.807, 2.05) is 30.3 Å². The number of ether oxygens (including phenoxy) is 1. The van der Waals surface area contributed by atoms with Gasteiger partial charge in [-0.1, -0.05) is 44.2 Å². The summed E-state index contributed by atoms with van der Waals surface area (Å²) < 4.78 is 5.44. The molecular formula is C23H29N3O3. The normalized spacial score (nSPS) is 15.2. The molecule has 0 spiro atoms. The van der Waals surface area contributed by atoms with Crippen LogP contribution in [0.5, 0.6) is 5.75 Å². The molecule has 29 heavy (non-hydrogen) atoms. The Hall–Kier alpha value is -3.02. The number of benzene rings is 2. The first-order valence-corrected chi connectivity index (χ1v) is 10.1. The molecule has 1 saturated heterocycles. The van der Waals surface area contributed by atoms with Gasteiger partial charge < -0.3 is 20.3 Å². The Labute approximate surface area is 172 Å². The van der Waals surface area contributed by atoms with E-state index in [1.54, 1.807) is 30.2 Å². The Morgan fingerprint density at radius 1 is 1.10 bits per heavy atom. The predicted molar refractivity (Wildman–Crippen MR) is 115 cm³/mol. The molecule has 6 nitrogen and oxygen atoms in total. The van der Waals surface area contributed by atoms with Crippen LogP contribution in [-0.4, -0.2) is 25.6 Å². The molecule has 3 amide bonds. The van der Waals surface area contributed by atoms with E-state index >= 15 is 0 Å². The Morgan fingerprint density at radius 2 is 1.86 bits per heavy atom. The van der Waals surface area contributed by atoms with Crippen molar-refractivity contribution in [3.05, 3.63) is 54.1 Å². The van der Waals surface area contributed by atoms with E-state index in [9.17, 15) is 9.59 Å². The molecule has 0 aromatic heterocycles. The van der Waals surface area contributed by atoms with Gasteiger partial charge in [0.1, 0.15) is 5.75 Å². The average Bonchev–Trinajstić information content (AvgIpc) is 2.73. The highest BCUT2D eigenvalue weighted by atomic mass is 16.5. The first-order valence-electron chi connectivity index (χ1n) is 10.1. The topological polar surface area (TPSA) is 70.7 Å². The molecular weight excluding hydrogens is 366 g/mol. The van der Waals surface area contributed by atoms with Crippen LogP contribution in [0.3, 0.4) is 0 Å². The molecule has 2 N–H and O–H groups in total. The SMILES string of the molecule is COc1ccc(NC(=O)NC(c2ccccc2)C(C)C)cc1N1CCCCC1=O. The molecule has 1 aliphatic rings. The zero-order valence-corrected chi connectivity index (χ0v) is 17.3. The lowest BCUT2D eigenvalue weighted by atomic mass is 9.96. The van der Waals surface area contributed by atoms with E-state index in [4.69, 9.17) is 4.74 Å². The van der Waals surface area contributed by atoms with Crippen LogP contribution in [-0.2, 0) is 4.79 Å². The number of nitrogens with zero attached hydrogens (tertiary/aromatic N) is 1. The number of urea groups is 1. The zero-order valence-electron chi connectivity index (χ0n) is 17.3. The minimum absolute atomic E-state index is 0.0834. The predicted octanol–water partition coefficient (Wildman–Crippen LogP) is 4.73. The summed E-state index contributed by atoms with van der Waals surface area (Å²) in [6, 6.07) is 14.9. The maximum atomic E-state index is 12.7. The highest BCUT2D eigenvalue weighted by Gasteiger charge is 2.23. The molecule has 1 heterocycles. The van der Waals surface area contributed by atoms with Crippen LogP contribution in [0.2, 0.25) is 0 Å². The van der Waals surface area contributed by atoms with Crippen LogP contribution in [0.1, 0.15) is 44.7 Å². The van der Waals surface area contributed by atoms with Gasteiger partial charge in [-0.05, 0) is 42.5 Å². The Kier molecular flexibility index (Phi) is 6.75. The fourth-order valence-electron chi connectivity index (χ4n) is 3.64. The number of nitrogens with one attached hydrogen (secondary N) is 2. The van der Waals surface area contributed by atoms with Crippen molar-refractivity contribution >= 4 is 23.3 Å². The molecule has 0 aliphatic carbocycles. The number of piperidine rings is 1. The maximum absolute atomic E-state index is 12.7. The number of rotatable bonds is 6. The minimum Gasteiger partial charge on any atom is -0.495 e. The maximum Gasteiger partial charge on any atom is 0.319 e. The summed E-state index contributed by atoms with van der Waals surface area (Å²) in [4.78, 5) is 26.8. The Bertz CT molecular complexity index is 852. The fraction of sp³-hybridized carbons (Fsp3) is 0.391. The molecule has 0 radical (unpaired) electrons. The quantitative estimate of drug-likeness (QED) is 0.743. The van der Waals surface area contributed by atoms with E-state index in [-0.39, 0.29) is 23.9 Å². The van der Waals surface area contributed by atoms with Gasteiger partial charge in [-0.15, -0.1) is 0 Å². The molecule has 0 bridgehead atoms. The van der Waals surface area contributed by atoms with Crippen LogP contribution in [0, 0.1) is 5.92 Å². The van der Waals surface area contributed by atoms with Crippen LogP contribution < -0.4 is 20.3 Å². The number of hydrogen-bond donors (Lipinski definition) is 2. The number of carbonyl (C=O) groups is 2. The molecule has 1 fully saturated rings. The smallest absolute Gasteiger partial charge is 0.319 e. The summed E-state index contributed by atoms with van der Waals surface area (Å²) in [7, 11) is 1.58. The molecule has 1 unspecified atom stereocenters. The fourth-order valence-corrected chi connectivity index (χ4v) is 3.64. The van der Waals surface area contributed by atoms with E-state index < -0.39 is 0 Å². The van der Waals surface area contributed by atoms with Gasteiger partial charge in [0.15, 0.2) is 0 Å². The van der Waals surface area contributed by atoms with Gasteiger partial charge in [0, 0.05) is 18.7 Å². The van der Waals surface area contributed by atoms with Crippen LogP contribution in [0.4, 0.5) is 16.2 Å². The van der Waals surface area contributed by atoms with Gasteiger partial charge in [-0.25, -0.2) is 4.79 Å². The third-order valence-corrected chi connectivity index (χ3v) is 5.16. The second-order valence-corrected chi connectivity index (χ2v) is 7.62. The molecule has 1 atom stereocenters. The van der Waals surface area contributed by atoms with Crippen molar-refractivity contribution in [3.8, 4) is 5.75 Å². The van der Waals surface area contributed by atoms with Crippen molar-refractivity contribution in [1.82, 2.24) is 5.32 Å². The molecule has 2 aromatic carbocycles. The average molecular weight is 396 g/mol. The number of anilines is 2. The largest absolute Gasteiger partial charge is 0.495 e. The van der Waals surface area contributed by atoms with Crippen LogP contribution >= 0.6 is 0 Å². The third kappa shape index (κ3) is 5.08. The van der Waals surface area contributed by atoms with Gasteiger partial charge in [0.05, 0.1) is 18.8 Å². The molecule has 154 valence electrons. The lowest BCUT2D eigenvalue weighted by Crippen LogP contribution is -2.36. The summed E-state index contributed by atoms with van der Waals surface area (Å²) >= 11 is 0. The van der Waals surface area contributed by atoms with Crippen molar-refractivity contribution in [1.29, 1.82) is 0 Å². The second kappa shape index (κ2) is 9.45. The number of carbonyl (C=O) groups excluding carboxylic acids is 2. The van der Waals surface area contributed by atoms with Crippen molar-refractivity contribution in [2.75, 3.05) is 23.9 Å². The van der Waals surface area contributed by atoms with Crippen molar-refractivity contribution < 1.29 is 14.3 Å². The minimum atomic E-state index is -0.284. The standard InChI is InChI=1S/C23H29N3O3/c1-16(2)22(17-9-5-4-6-10-17)25-23(28)24-18-12-13-20(29-3)19(15-18)26-14-8-7-11-21(26)27/h4-6,9-10,12-13,15-16,22H,7-8,11,14H2,1-3H3,(H2,24,25,28). The van der Waals surface area contributed by atoms with Crippen LogP contribution in [0.15, 0.2) is 48.5 Å². The van der Waals surface area contributed by atoms with Gasteiger partial charge in [0.25, 0.3) is 0 Å². The van der Waals surface area contributed by atoms with Crippen molar-refractivity contribution in [2.24, 2.45) is 5.92 Å². The number of amides is 3. The molecule has 0 saturated carbocycles. The molecule has 2 aromatic rings. The van der Waals surface area contributed by atoms with E-state index in [1.165, 1.54) is 0 Å². The summed E-state index contributed by atoms with van der Waals surface area (Å²) in [5.74, 6) is 0.941. The molecule has 1 aliphatic heterocycles. The first-order chi connectivity index (χ1) is 14.0. The second-order valence-electron chi connectivity index (χ2n) is 7.62. The van der Waals surface area contributed by atoms with Crippen molar-refractivity contribution in [3.63, 3.8) is 0 Å². The Balaban J connectivity index is 1.76. The number of hydrogen-bond acceptors (Lipinski definition) is 3. The highest BCUT2D eigenvalue weighted by Crippen LogP contribution is 2.33. The highest BCUT2D eigenvalue weighted by molar-refractivity contribution is 5.97. The Morgan fingerprint density at radius 3 is 2.52 bits per heavy atom. The lowest BCUT2D eigenvalue weighted by molar-refractivity contribution is -0.119. The van der Waals surface area contributed by atoms with Gasteiger partial charge in [0.2, 0.25) is 5.91 Å². The van der Waals surface area contributed by atoms with Crippen molar-refractivity contribution in [2.45, 2.75) is 39.2 Å². The summed E-state index contributed by atoms with van der Waals surface area (Å²) in [5, 5.41) is 5.95. The monoisotopic (exact) mass is 395 g/mol.